The number of anilines is 1. The van der Waals surface area contributed by atoms with Crippen molar-refractivity contribution >= 4 is 40.9 Å². The van der Waals surface area contributed by atoms with Crippen LogP contribution in [0.1, 0.15) is 12.5 Å². The van der Waals surface area contributed by atoms with Crippen molar-refractivity contribution < 1.29 is 18.7 Å². The lowest BCUT2D eigenvalue weighted by Gasteiger charge is -2.35. The Kier molecular flexibility index (Phi) is 5.53. The second-order valence-electron chi connectivity index (χ2n) is 5.98. The van der Waals surface area contributed by atoms with Crippen molar-refractivity contribution in [2.45, 2.75) is 23.6 Å². The van der Waals surface area contributed by atoms with Crippen LogP contribution in [-0.4, -0.2) is 24.2 Å². The summed E-state index contributed by atoms with van der Waals surface area (Å²) in [5.74, 6) is -1.67. The van der Waals surface area contributed by atoms with Gasteiger partial charge < -0.3 is 9.64 Å². The van der Waals surface area contributed by atoms with Crippen LogP contribution < -0.4 is 4.90 Å². The first-order chi connectivity index (χ1) is 12.4. The van der Waals surface area contributed by atoms with E-state index in [4.69, 9.17) is 16.3 Å². The van der Waals surface area contributed by atoms with Gasteiger partial charge in [0, 0.05) is 9.92 Å². The first kappa shape index (κ1) is 18.7. The van der Waals surface area contributed by atoms with Gasteiger partial charge in [0.1, 0.15) is 11.1 Å². The van der Waals surface area contributed by atoms with Gasteiger partial charge in [-0.15, -0.1) is 11.8 Å². The van der Waals surface area contributed by atoms with E-state index in [0.717, 1.165) is 10.6 Å². The molecule has 4 nitrogen and oxygen atoms in total. The fourth-order valence-electron chi connectivity index (χ4n) is 2.85. The monoisotopic (exact) mass is 393 g/mol. The summed E-state index contributed by atoms with van der Waals surface area (Å²) in [6, 6.07) is 11.6. The Morgan fingerprint density at radius 1 is 1.35 bits per heavy atom. The third-order valence-electron chi connectivity index (χ3n) is 4.29. The average molecular weight is 394 g/mol. The molecule has 0 aromatic heterocycles. The van der Waals surface area contributed by atoms with Crippen molar-refractivity contribution in [3.63, 3.8) is 0 Å². The number of benzene rings is 2. The Morgan fingerprint density at radius 3 is 2.77 bits per heavy atom. The van der Waals surface area contributed by atoms with E-state index in [-0.39, 0.29) is 17.5 Å². The van der Waals surface area contributed by atoms with E-state index < -0.39 is 23.0 Å². The standard InChI is InChI=1S/C19H17ClFNO3S/c1-11(19(24)25-2)17-18(23)22(15-5-3-4-6-16(15)26-17)10-12-7-8-13(21)9-14(12)20/h3-9,11,17H,10H2,1-2H3/t11-,17+/m1/s1. The van der Waals surface area contributed by atoms with Crippen molar-refractivity contribution in [3.8, 4) is 0 Å². The number of amides is 1. The zero-order chi connectivity index (χ0) is 18.8. The minimum atomic E-state index is -0.600. The molecule has 0 unspecified atom stereocenters. The van der Waals surface area contributed by atoms with Gasteiger partial charge in [-0.25, -0.2) is 4.39 Å². The number of para-hydroxylation sites is 1. The Hall–Kier alpha value is -2.05. The van der Waals surface area contributed by atoms with Crippen molar-refractivity contribution in [1.82, 2.24) is 0 Å². The third kappa shape index (κ3) is 3.57. The number of esters is 1. The quantitative estimate of drug-likeness (QED) is 0.727. The highest BCUT2D eigenvalue weighted by molar-refractivity contribution is 8.01. The van der Waals surface area contributed by atoms with Crippen molar-refractivity contribution in [2.24, 2.45) is 5.92 Å². The zero-order valence-electron chi connectivity index (χ0n) is 14.2. The van der Waals surface area contributed by atoms with Gasteiger partial charge in [0.15, 0.2) is 0 Å². The molecule has 2 aromatic carbocycles. The number of methoxy groups -OCH3 is 1. The van der Waals surface area contributed by atoms with E-state index in [1.807, 2.05) is 24.3 Å². The van der Waals surface area contributed by atoms with Crippen molar-refractivity contribution in [2.75, 3.05) is 12.0 Å². The van der Waals surface area contributed by atoms with Crippen LogP contribution in [0, 0.1) is 11.7 Å². The smallest absolute Gasteiger partial charge is 0.310 e. The molecular weight excluding hydrogens is 377 g/mol. The predicted octanol–water partition coefficient (Wildman–Crippen LogP) is 4.30. The minimum Gasteiger partial charge on any atom is -0.469 e. The molecular formula is C19H17ClFNO3S. The highest BCUT2D eigenvalue weighted by Gasteiger charge is 2.40. The number of halogens is 2. The van der Waals surface area contributed by atoms with Crippen molar-refractivity contribution in [1.29, 1.82) is 0 Å². The molecule has 1 heterocycles. The average Bonchev–Trinajstić information content (AvgIpc) is 2.64. The lowest BCUT2D eigenvalue weighted by Crippen LogP contribution is -2.45. The molecule has 26 heavy (non-hydrogen) atoms. The van der Waals surface area contributed by atoms with E-state index in [1.165, 1.54) is 31.0 Å². The maximum absolute atomic E-state index is 13.3. The molecule has 0 saturated carbocycles. The van der Waals surface area contributed by atoms with Crippen molar-refractivity contribution in [3.05, 3.63) is 58.9 Å². The minimum absolute atomic E-state index is 0.194. The van der Waals surface area contributed by atoms with Crippen LogP contribution in [-0.2, 0) is 20.9 Å². The summed E-state index contributed by atoms with van der Waals surface area (Å²) < 4.78 is 18.1. The van der Waals surface area contributed by atoms with Gasteiger partial charge in [-0.2, -0.15) is 0 Å². The Balaban J connectivity index is 1.98. The second kappa shape index (κ2) is 7.68. The lowest BCUT2D eigenvalue weighted by molar-refractivity contribution is -0.146. The Morgan fingerprint density at radius 2 is 2.08 bits per heavy atom. The molecule has 0 saturated heterocycles. The molecule has 0 N–H and O–H groups in total. The first-order valence-electron chi connectivity index (χ1n) is 8.01. The number of ether oxygens (including phenoxy) is 1. The fraction of sp³-hybridized carbons (Fsp3) is 0.263. The summed E-state index contributed by atoms with van der Waals surface area (Å²) in [4.78, 5) is 27.6. The van der Waals surface area contributed by atoms with Crippen LogP contribution in [0.4, 0.5) is 10.1 Å². The van der Waals surface area contributed by atoms with Gasteiger partial charge in [-0.3, -0.25) is 9.59 Å². The normalized spacial score (nSPS) is 17.6. The van der Waals surface area contributed by atoms with E-state index in [9.17, 15) is 14.0 Å². The third-order valence-corrected chi connectivity index (χ3v) is 6.10. The summed E-state index contributed by atoms with van der Waals surface area (Å²) in [6.45, 7) is 1.87. The molecule has 1 aliphatic heterocycles. The molecule has 0 radical (unpaired) electrons. The topological polar surface area (TPSA) is 46.6 Å². The number of carbonyl (C=O) groups is 2. The largest absolute Gasteiger partial charge is 0.469 e. The summed E-state index contributed by atoms with van der Waals surface area (Å²) in [6.07, 6.45) is 0. The Bertz CT molecular complexity index is 860. The lowest BCUT2D eigenvalue weighted by atomic mass is 10.1. The summed E-state index contributed by atoms with van der Waals surface area (Å²) in [5, 5.41) is -0.345. The number of thioether (sulfide) groups is 1. The van der Waals surface area contributed by atoms with E-state index >= 15 is 0 Å². The predicted molar refractivity (Wildman–Crippen MR) is 99.9 cm³/mol. The molecule has 3 rings (SSSR count). The summed E-state index contributed by atoms with van der Waals surface area (Å²) in [7, 11) is 1.31. The summed E-state index contributed by atoms with van der Waals surface area (Å²) in [5.41, 5.74) is 1.38. The fourth-order valence-corrected chi connectivity index (χ4v) is 4.35. The van der Waals surface area contributed by atoms with Crippen LogP contribution in [0.15, 0.2) is 47.4 Å². The van der Waals surface area contributed by atoms with Crippen LogP contribution in [0.2, 0.25) is 5.02 Å². The van der Waals surface area contributed by atoms with Crippen LogP contribution in [0.5, 0.6) is 0 Å². The molecule has 0 bridgehead atoms. The number of hydrogen-bond donors (Lipinski definition) is 0. The van der Waals surface area contributed by atoms with E-state index in [2.05, 4.69) is 0 Å². The highest BCUT2D eigenvalue weighted by atomic mass is 35.5. The number of carbonyl (C=O) groups excluding carboxylic acids is 2. The van der Waals surface area contributed by atoms with Gasteiger partial charge in [0.05, 0.1) is 25.3 Å². The van der Waals surface area contributed by atoms with Gasteiger partial charge in [-0.05, 0) is 29.8 Å². The van der Waals surface area contributed by atoms with E-state index in [1.54, 1.807) is 17.9 Å². The number of nitrogens with zero attached hydrogens (tertiary/aromatic N) is 1. The van der Waals surface area contributed by atoms with Crippen LogP contribution in [0.25, 0.3) is 0 Å². The van der Waals surface area contributed by atoms with E-state index in [0.29, 0.717) is 5.56 Å². The molecule has 0 spiro atoms. The molecule has 7 heteroatoms. The number of hydrogen-bond acceptors (Lipinski definition) is 4. The van der Waals surface area contributed by atoms with Crippen LogP contribution >= 0.6 is 23.4 Å². The van der Waals surface area contributed by atoms with Crippen LogP contribution in [0.3, 0.4) is 0 Å². The molecule has 1 amide bonds. The number of fused-ring (bicyclic) bond motifs is 1. The second-order valence-corrected chi connectivity index (χ2v) is 7.57. The van der Waals surface area contributed by atoms with Gasteiger partial charge in [-0.1, -0.05) is 36.7 Å². The summed E-state index contributed by atoms with van der Waals surface area (Å²) >= 11 is 7.49. The zero-order valence-corrected chi connectivity index (χ0v) is 15.8. The molecule has 2 aromatic rings. The number of rotatable bonds is 4. The maximum atomic E-state index is 13.3. The first-order valence-corrected chi connectivity index (χ1v) is 9.27. The molecule has 0 fully saturated rings. The highest BCUT2D eigenvalue weighted by Crippen LogP contribution is 2.42. The Labute approximate surface area is 160 Å². The van der Waals surface area contributed by atoms with Gasteiger partial charge in [0.25, 0.3) is 0 Å². The molecule has 0 aliphatic carbocycles. The molecule has 136 valence electrons. The maximum Gasteiger partial charge on any atom is 0.310 e. The SMILES string of the molecule is COC(=O)[C@H](C)[C@@H]1Sc2ccccc2N(Cc2ccc(F)cc2Cl)C1=O. The molecule has 1 aliphatic rings. The van der Waals surface area contributed by atoms with Gasteiger partial charge >= 0.3 is 5.97 Å². The molecule has 2 atom stereocenters. The van der Waals surface area contributed by atoms with Gasteiger partial charge in [0.2, 0.25) is 5.91 Å².